The van der Waals surface area contributed by atoms with E-state index in [9.17, 15) is 4.79 Å². The summed E-state index contributed by atoms with van der Waals surface area (Å²) in [5.74, 6) is 2.78. The maximum absolute atomic E-state index is 13.1. The summed E-state index contributed by atoms with van der Waals surface area (Å²) >= 11 is 0. The van der Waals surface area contributed by atoms with E-state index in [1.54, 1.807) is 14.2 Å². The highest BCUT2D eigenvalue weighted by atomic mass is 16.5. The summed E-state index contributed by atoms with van der Waals surface area (Å²) in [5.41, 5.74) is 3.41. The van der Waals surface area contributed by atoms with Crippen molar-refractivity contribution >= 4 is 17.9 Å². The van der Waals surface area contributed by atoms with Crippen LogP contribution in [0, 0.1) is 0 Å². The molecule has 0 unspecified atom stereocenters. The van der Waals surface area contributed by atoms with Crippen LogP contribution in [-0.4, -0.2) is 84.3 Å². The third kappa shape index (κ3) is 7.60. The van der Waals surface area contributed by atoms with Crippen LogP contribution in [0.15, 0.2) is 47.5 Å². The van der Waals surface area contributed by atoms with Crippen LogP contribution in [0.1, 0.15) is 24.0 Å². The number of methoxy groups -OCH3 is 2. The molecular formula is C29H38N2O5. The Hall–Kier alpha value is -3.29. The van der Waals surface area contributed by atoms with Crippen molar-refractivity contribution in [1.82, 2.24) is 9.80 Å². The first kappa shape index (κ1) is 27.3. The fourth-order valence-electron chi connectivity index (χ4n) is 3.84. The molecule has 0 radical (unpaired) electrons. The normalized spacial score (nSPS) is 15.8. The summed E-state index contributed by atoms with van der Waals surface area (Å²) in [6.07, 6.45) is 5.29. The van der Waals surface area contributed by atoms with E-state index in [4.69, 9.17) is 18.9 Å². The molecule has 0 aromatic heterocycles. The number of allylic oxidation sites excluding steroid dienone is 2. The van der Waals surface area contributed by atoms with Crippen molar-refractivity contribution in [3.05, 3.63) is 58.7 Å². The zero-order valence-corrected chi connectivity index (χ0v) is 22.3. The van der Waals surface area contributed by atoms with E-state index in [1.807, 2.05) is 76.7 Å². The Kier molecular flexibility index (Phi) is 9.96. The quantitative estimate of drug-likeness (QED) is 0.405. The molecule has 1 fully saturated rings. The van der Waals surface area contributed by atoms with Crippen molar-refractivity contribution < 1.29 is 23.7 Å². The number of likely N-dealkylation sites (N-methyl/N-ethyl adjacent to an activating group) is 2. The molecule has 0 saturated heterocycles. The maximum atomic E-state index is 13.1. The van der Waals surface area contributed by atoms with E-state index in [2.05, 4.69) is 9.80 Å². The van der Waals surface area contributed by atoms with Gasteiger partial charge in [0.15, 0.2) is 28.8 Å². The number of hydrogen-bond donors (Lipinski definition) is 0. The second-order valence-corrected chi connectivity index (χ2v) is 9.29. The number of benzene rings is 2. The molecule has 0 amide bonds. The molecule has 0 aliphatic heterocycles. The summed E-state index contributed by atoms with van der Waals surface area (Å²) in [5, 5.41) is 0. The number of rotatable bonds is 12. The molecular weight excluding hydrogens is 456 g/mol. The van der Waals surface area contributed by atoms with Gasteiger partial charge in [-0.15, -0.1) is 0 Å². The maximum Gasteiger partial charge on any atom is 0.185 e. The zero-order chi connectivity index (χ0) is 26.1. The minimum Gasteiger partial charge on any atom is -0.493 e. The van der Waals surface area contributed by atoms with Gasteiger partial charge in [-0.1, -0.05) is 12.1 Å². The summed E-state index contributed by atoms with van der Waals surface area (Å²) in [6, 6.07) is 11.5. The van der Waals surface area contributed by atoms with Gasteiger partial charge in [0.05, 0.1) is 14.2 Å². The molecule has 1 aliphatic carbocycles. The second-order valence-electron chi connectivity index (χ2n) is 9.29. The van der Waals surface area contributed by atoms with Gasteiger partial charge in [-0.25, -0.2) is 0 Å². The summed E-state index contributed by atoms with van der Waals surface area (Å²) in [6.45, 7) is 2.78. The SMILES string of the molecule is COc1cc(C=C2CCC(=Cc3ccc(OCCN(C)C)c(OC)c3)C2=O)ccc1OCCN(C)C. The molecule has 3 rings (SSSR count). The number of carbonyl (C=O) groups is 1. The molecule has 7 nitrogen and oxygen atoms in total. The van der Waals surface area contributed by atoms with E-state index >= 15 is 0 Å². The van der Waals surface area contributed by atoms with Gasteiger partial charge in [0.1, 0.15) is 13.2 Å². The van der Waals surface area contributed by atoms with Gasteiger partial charge in [0.25, 0.3) is 0 Å². The summed E-state index contributed by atoms with van der Waals surface area (Å²) in [4.78, 5) is 17.2. The predicted molar refractivity (Wildman–Crippen MR) is 144 cm³/mol. The third-order valence-electron chi connectivity index (χ3n) is 5.90. The topological polar surface area (TPSA) is 60.5 Å². The number of nitrogens with zero attached hydrogens (tertiary/aromatic N) is 2. The Morgan fingerprint density at radius 3 is 1.47 bits per heavy atom. The number of carbonyl (C=O) groups excluding carboxylic acids is 1. The predicted octanol–water partition coefficient (Wildman–Crippen LogP) is 4.41. The van der Waals surface area contributed by atoms with Crippen molar-refractivity contribution in [1.29, 1.82) is 0 Å². The lowest BCUT2D eigenvalue weighted by Crippen LogP contribution is -2.19. The van der Waals surface area contributed by atoms with Crippen LogP contribution in [0.5, 0.6) is 23.0 Å². The molecule has 0 atom stereocenters. The molecule has 194 valence electrons. The largest absolute Gasteiger partial charge is 0.493 e. The second kappa shape index (κ2) is 13.1. The molecule has 0 bridgehead atoms. The molecule has 1 aliphatic rings. The standard InChI is InChI=1S/C29H38N2O5/c1-30(2)13-15-35-25-11-7-21(19-27(25)33-5)17-23-9-10-24(29(23)32)18-22-8-12-26(28(20-22)34-6)36-16-14-31(3)4/h7-8,11-12,17-20H,9-10,13-16H2,1-6H3. The highest BCUT2D eigenvalue weighted by molar-refractivity contribution is 6.15. The average Bonchev–Trinajstić information content (AvgIpc) is 3.18. The Balaban J connectivity index is 1.71. The van der Waals surface area contributed by atoms with Gasteiger partial charge in [0, 0.05) is 24.2 Å². The van der Waals surface area contributed by atoms with Crippen LogP contribution >= 0.6 is 0 Å². The molecule has 0 heterocycles. The Morgan fingerprint density at radius 1 is 0.694 bits per heavy atom. The minimum absolute atomic E-state index is 0.0746. The minimum atomic E-state index is 0.0746. The van der Waals surface area contributed by atoms with Crippen molar-refractivity contribution in [2.75, 3.05) is 68.7 Å². The molecule has 7 heteroatoms. The molecule has 0 spiro atoms. The molecule has 2 aromatic rings. The number of ether oxygens (including phenoxy) is 4. The van der Waals surface area contributed by atoms with Crippen LogP contribution in [0.3, 0.4) is 0 Å². The zero-order valence-electron chi connectivity index (χ0n) is 22.3. The van der Waals surface area contributed by atoms with Crippen molar-refractivity contribution in [3.8, 4) is 23.0 Å². The van der Waals surface area contributed by atoms with Crippen molar-refractivity contribution in [2.45, 2.75) is 12.8 Å². The van der Waals surface area contributed by atoms with Crippen LogP contribution in [-0.2, 0) is 4.79 Å². The third-order valence-corrected chi connectivity index (χ3v) is 5.90. The summed E-state index contributed by atoms with van der Waals surface area (Å²) in [7, 11) is 11.3. The number of ketones is 1. The Labute approximate surface area is 214 Å². The molecule has 36 heavy (non-hydrogen) atoms. The average molecular weight is 495 g/mol. The molecule has 1 saturated carbocycles. The fourth-order valence-corrected chi connectivity index (χ4v) is 3.84. The van der Waals surface area contributed by atoms with Crippen LogP contribution in [0.4, 0.5) is 0 Å². The van der Waals surface area contributed by atoms with E-state index < -0.39 is 0 Å². The summed E-state index contributed by atoms with van der Waals surface area (Å²) < 4.78 is 22.7. The van der Waals surface area contributed by atoms with Crippen LogP contribution < -0.4 is 18.9 Å². The molecule has 2 aromatic carbocycles. The first-order chi connectivity index (χ1) is 17.3. The van der Waals surface area contributed by atoms with Gasteiger partial charge in [-0.2, -0.15) is 0 Å². The van der Waals surface area contributed by atoms with E-state index in [0.29, 0.717) is 49.1 Å². The monoisotopic (exact) mass is 494 g/mol. The van der Waals surface area contributed by atoms with E-state index in [1.165, 1.54) is 0 Å². The van der Waals surface area contributed by atoms with Gasteiger partial charge < -0.3 is 28.7 Å². The van der Waals surface area contributed by atoms with Crippen LogP contribution in [0.2, 0.25) is 0 Å². The molecule has 0 N–H and O–H groups in total. The first-order valence-electron chi connectivity index (χ1n) is 12.2. The lowest BCUT2D eigenvalue weighted by molar-refractivity contribution is -0.111. The number of hydrogen-bond acceptors (Lipinski definition) is 7. The van der Waals surface area contributed by atoms with Crippen molar-refractivity contribution in [3.63, 3.8) is 0 Å². The van der Waals surface area contributed by atoms with Gasteiger partial charge >= 0.3 is 0 Å². The van der Waals surface area contributed by atoms with Crippen LogP contribution in [0.25, 0.3) is 12.2 Å². The lowest BCUT2D eigenvalue weighted by Gasteiger charge is -2.14. The Bertz CT molecular complexity index is 1020. The lowest BCUT2D eigenvalue weighted by atomic mass is 10.1. The van der Waals surface area contributed by atoms with E-state index in [-0.39, 0.29) is 5.78 Å². The smallest absolute Gasteiger partial charge is 0.185 e. The van der Waals surface area contributed by atoms with Gasteiger partial charge in [-0.05, 0) is 88.6 Å². The van der Waals surface area contributed by atoms with E-state index in [0.717, 1.165) is 35.4 Å². The highest BCUT2D eigenvalue weighted by Crippen LogP contribution is 2.34. The number of Topliss-reactive ketones (excluding diaryl/α,β-unsaturated/α-hetero) is 1. The fraction of sp³-hybridized carbons (Fsp3) is 0.414. The van der Waals surface area contributed by atoms with Gasteiger partial charge in [-0.3, -0.25) is 4.79 Å². The highest BCUT2D eigenvalue weighted by Gasteiger charge is 2.23. The van der Waals surface area contributed by atoms with Crippen molar-refractivity contribution in [2.24, 2.45) is 0 Å². The van der Waals surface area contributed by atoms with Gasteiger partial charge in [0.2, 0.25) is 0 Å². The Morgan fingerprint density at radius 2 is 1.11 bits per heavy atom. The first-order valence-corrected chi connectivity index (χ1v) is 12.2.